The summed E-state index contributed by atoms with van der Waals surface area (Å²) in [5.74, 6) is 0.955. The molecule has 1 amide bonds. The zero-order chi connectivity index (χ0) is 11.3. The van der Waals surface area contributed by atoms with Crippen molar-refractivity contribution in [3.05, 3.63) is 12.2 Å². The molecule has 0 aliphatic rings. The van der Waals surface area contributed by atoms with Gasteiger partial charge in [-0.2, -0.15) is 16.9 Å². The first-order valence-corrected chi connectivity index (χ1v) is 6.07. The van der Waals surface area contributed by atoms with E-state index in [4.69, 9.17) is 0 Å². The summed E-state index contributed by atoms with van der Waals surface area (Å²) in [7, 11) is 1.84. The first kappa shape index (κ1) is 12.0. The van der Waals surface area contributed by atoms with Gasteiger partial charge in [-0.05, 0) is 13.2 Å². The van der Waals surface area contributed by atoms with Crippen molar-refractivity contribution in [1.29, 1.82) is 0 Å². The van der Waals surface area contributed by atoms with Gasteiger partial charge in [0.2, 0.25) is 5.91 Å². The average molecular weight is 228 g/mol. The van der Waals surface area contributed by atoms with E-state index >= 15 is 0 Å². The Bertz CT molecular complexity index is 326. The SMILES string of the molecule is CS[C@H](C)C(=O)NCCc1ncnn1C. The molecule has 1 N–H and O–H groups in total. The van der Waals surface area contributed by atoms with Crippen molar-refractivity contribution in [2.45, 2.75) is 18.6 Å². The van der Waals surface area contributed by atoms with E-state index in [2.05, 4.69) is 15.4 Å². The summed E-state index contributed by atoms with van der Waals surface area (Å²) in [5.41, 5.74) is 0. The summed E-state index contributed by atoms with van der Waals surface area (Å²) >= 11 is 1.54. The van der Waals surface area contributed by atoms with Gasteiger partial charge in [-0.15, -0.1) is 0 Å². The summed E-state index contributed by atoms with van der Waals surface area (Å²) < 4.78 is 1.71. The van der Waals surface area contributed by atoms with Crippen molar-refractivity contribution in [2.75, 3.05) is 12.8 Å². The minimum absolute atomic E-state index is 0.00416. The topological polar surface area (TPSA) is 59.8 Å². The monoisotopic (exact) mass is 228 g/mol. The molecule has 84 valence electrons. The lowest BCUT2D eigenvalue weighted by Crippen LogP contribution is -2.32. The van der Waals surface area contributed by atoms with Gasteiger partial charge in [-0.25, -0.2) is 4.98 Å². The third-order valence-electron chi connectivity index (χ3n) is 2.18. The number of aromatic nitrogens is 3. The van der Waals surface area contributed by atoms with Crippen LogP contribution in [0, 0.1) is 0 Å². The molecule has 0 aliphatic heterocycles. The van der Waals surface area contributed by atoms with Crippen LogP contribution in [0.15, 0.2) is 6.33 Å². The predicted octanol–water partition coefficient (Wildman–Crippen LogP) is 0.225. The van der Waals surface area contributed by atoms with Gasteiger partial charge in [0, 0.05) is 20.0 Å². The fourth-order valence-electron chi connectivity index (χ4n) is 1.09. The Hall–Kier alpha value is -1.04. The Kier molecular flexibility index (Phi) is 4.61. The van der Waals surface area contributed by atoms with Crippen LogP contribution in [0.2, 0.25) is 0 Å². The lowest BCUT2D eigenvalue weighted by atomic mass is 10.3. The molecule has 1 rings (SSSR count). The Balaban J connectivity index is 2.28. The number of carbonyl (C=O) groups is 1. The molecule has 0 aromatic carbocycles. The van der Waals surface area contributed by atoms with E-state index in [9.17, 15) is 4.79 Å². The molecule has 5 nitrogen and oxygen atoms in total. The maximum absolute atomic E-state index is 11.4. The second-order valence-corrected chi connectivity index (χ2v) is 4.40. The highest BCUT2D eigenvalue weighted by molar-refractivity contribution is 7.99. The largest absolute Gasteiger partial charge is 0.355 e. The minimum Gasteiger partial charge on any atom is -0.355 e. The van der Waals surface area contributed by atoms with E-state index in [1.165, 1.54) is 18.1 Å². The quantitative estimate of drug-likeness (QED) is 0.783. The van der Waals surface area contributed by atoms with Crippen LogP contribution in [0.5, 0.6) is 0 Å². The Morgan fingerprint density at radius 1 is 1.73 bits per heavy atom. The second kappa shape index (κ2) is 5.75. The molecule has 1 heterocycles. The van der Waals surface area contributed by atoms with Crippen molar-refractivity contribution in [1.82, 2.24) is 20.1 Å². The molecule has 1 atom stereocenters. The fraction of sp³-hybridized carbons (Fsp3) is 0.667. The molecule has 15 heavy (non-hydrogen) atoms. The van der Waals surface area contributed by atoms with Gasteiger partial charge in [0.15, 0.2) is 0 Å². The number of carbonyl (C=O) groups excluding carboxylic acids is 1. The number of nitrogens with zero attached hydrogens (tertiary/aromatic N) is 3. The highest BCUT2D eigenvalue weighted by atomic mass is 32.2. The second-order valence-electron chi connectivity index (χ2n) is 3.22. The van der Waals surface area contributed by atoms with E-state index in [-0.39, 0.29) is 11.2 Å². The maximum atomic E-state index is 11.4. The van der Waals surface area contributed by atoms with Crippen LogP contribution < -0.4 is 5.32 Å². The number of thioether (sulfide) groups is 1. The predicted molar refractivity (Wildman–Crippen MR) is 60.7 cm³/mol. The molecule has 0 saturated heterocycles. The summed E-state index contributed by atoms with van der Waals surface area (Å²) in [6, 6.07) is 0. The number of nitrogens with one attached hydrogen (secondary N) is 1. The van der Waals surface area contributed by atoms with Crippen LogP contribution in [-0.4, -0.2) is 38.7 Å². The number of rotatable bonds is 5. The molecule has 1 aromatic heterocycles. The van der Waals surface area contributed by atoms with Crippen LogP contribution in [0.25, 0.3) is 0 Å². The van der Waals surface area contributed by atoms with Gasteiger partial charge >= 0.3 is 0 Å². The molecule has 6 heteroatoms. The zero-order valence-electron chi connectivity index (χ0n) is 9.23. The van der Waals surface area contributed by atoms with Gasteiger partial charge in [-0.1, -0.05) is 0 Å². The standard InChI is InChI=1S/C9H16N4OS/c1-7(15-3)9(14)10-5-4-8-11-6-12-13(8)2/h6-7H,4-5H2,1-3H3,(H,10,14)/t7-/m1/s1. The minimum atomic E-state index is 0.00416. The maximum Gasteiger partial charge on any atom is 0.232 e. The van der Waals surface area contributed by atoms with Gasteiger partial charge in [0.1, 0.15) is 12.2 Å². The van der Waals surface area contributed by atoms with Crippen molar-refractivity contribution in [3.8, 4) is 0 Å². The molecule has 0 radical (unpaired) electrons. The highest BCUT2D eigenvalue weighted by Gasteiger charge is 2.10. The van der Waals surface area contributed by atoms with Gasteiger partial charge < -0.3 is 5.32 Å². The normalized spacial score (nSPS) is 12.5. The highest BCUT2D eigenvalue weighted by Crippen LogP contribution is 2.04. The summed E-state index contributed by atoms with van der Waals surface area (Å²) in [6.45, 7) is 2.50. The van der Waals surface area contributed by atoms with Crippen LogP contribution >= 0.6 is 11.8 Å². The van der Waals surface area contributed by atoms with E-state index in [1.807, 2.05) is 20.2 Å². The lowest BCUT2D eigenvalue weighted by molar-refractivity contribution is -0.120. The molecule has 0 unspecified atom stereocenters. The van der Waals surface area contributed by atoms with Crippen molar-refractivity contribution >= 4 is 17.7 Å². The first-order valence-electron chi connectivity index (χ1n) is 4.78. The molecule has 1 aromatic rings. The number of aryl methyl sites for hydroxylation is 1. The van der Waals surface area contributed by atoms with E-state index < -0.39 is 0 Å². The van der Waals surface area contributed by atoms with Crippen molar-refractivity contribution < 1.29 is 4.79 Å². The summed E-state index contributed by atoms with van der Waals surface area (Å²) in [4.78, 5) is 15.5. The Labute approximate surface area is 93.6 Å². The van der Waals surface area contributed by atoms with Crippen molar-refractivity contribution in [2.24, 2.45) is 7.05 Å². The van der Waals surface area contributed by atoms with E-state index in [0.717, 1.165) is 5.82 Å². The number of amides is 1. The van der Waals surface area contributed by atoms with Gasteiger partial charge in [0.25, 0.3) is 0 Å². The lowest BCUT2D eigenvalue weighted by Gasteiger charge is -2.08. The fourth-order valence-corrected chi connectivity index (χ4v) is 1.39. The third-order valence-corrected chi connectivity index (χ3v) is 3.10. The van der Waals surface area contributed by atoms with E-state index in [1.54, 1.807) is 4.68 Å². The Morgan fingerprint density at radius 2 is 2.47 bits per heavy atom. The molecule has 0 bridgehead atoms. The molecular formula is C9H16N4OS. The summed E-state index contributed by atoms with van der Waals surface area (Å²) in [6.07, 6.45) is 4.15. The number of hydrogen-bond acceptors (Lipinski definition) is 4. The van der Waals surface area contributed by atoms with Crippen LogP contribution in [0.4, 0.5) is 0 Å². The number of hydrogen-bond donors (Lipinski definition) is 1. The van der Waals surface area contributed by atoms with Gasteiger partial charge in [0.05, 0.1) is 5.25 Å². The van der Waals surface area contributed by atoms with Gasteiger partial charge in [-0.3, -0.25) is 9.48 Å². The molecule has 0 saturated carbocycles. The smallest absolute Gasteiger partial charge is 0.232 e. The van der Waals surface area contributed by atoms with Crippen LogP contribution in [0.3, 0.4) is 0 Å². The van der Waals surface area contributed by atoms with Crippen LogP contribution in [-0.2, 0) is 18.3 Å². The summed E-state index contributed by atoms with van der Waals surface area (Å²) in [5, 5.41) is 6.82. The third kappa shape index (κ3) is 3.54. The van der Waals surface area contributed by atoms with E-state index in [0.29, 0.717) is 13.0 Å². The van der Waals surface area contributed by atoms with Crippen molar-refractivity contribution in [3.63, 3.8) is 0 Å². The molecular weight excluding hydrogens is 212 g/mol. The first-order chi connectivity index (χ1) is 7.15. The molecule has 0 spiro atoms. The van der Waals surface area contributed by atoms with Crippen LogP contribution in [0.1, 0.15) is 12.7 Å². The average Bonchev–Trinajstić information content (AvgIpc) is 2.63. The zero-order valence-corrected chi connectivity index (χ0v) is 10.0. The Morgan fingerprint density at radius 3 is 3.00 bits per heavy atom. The molecule has 0 fully saturated rings. The molecule has 0 aliphatic carbocycles.